The standard InChI is InChI=1S/C20H27N3O2/c1-4-6-18-19(20(24)21-13-17-7-5-12-25-17)15(3)23(22-18)16-10-8-14(2)9-11-16/h8-11,17H,4-7,12-13H2,1-3H3,(H,21,24)/t17-/m1/s1. The van der Waals surface area contributed by atoms with Gasteiger partial charge in [-0.1, -0.05) is 31.0 Å². The minimum atomic E-state index is -0.0465. The lowest BCUT2D eigenvalue weighted by molar-refractivity contribution is 0.0856. The maximum absolute atomic E-state index is 12.8. The summed E-state index contributed by atoms with van der Waals surface area (Å²) in [5, 5.41) is 7.76. The fourth-order valence-corrected chi connectivity index (χ4v) is 3.31. The number of hydrogen-bond donors (Lipinski definition) is 1. The molecular formula is C20H27N3O2. The van der Waals surface area contributed by atoms with Gasteiger partial charge in [0.05, 0.1) is 28.7 Å². The van der Waals surface area contributed by atoms with Gasteiger partial charge in [-0.2, -0.15) is 5.10 Å². The molecule has 0 bridgehead atoms. The summed E-state index contributed by atoms with van der Waals surface area (Å²) in [5.74, 6) is -0.0465. The normalized spacial score (nSPS) is 17.0. The first kappa shape index (κ1) is 17.7. The molecule has 0 spiro atoms. The molecule has 3 rings (SSSR count). The third kappa shape index (κ3) is 3.93. The van der Waals surface area contributed by atoms with Crippen molar-refractivity contribution >= 4 is 5.91 Å². The Labute approximate surface area is 149 Å². The molecule has 25 heavy (non-hydrogen) atoms. The van der Waals surface area contributed by atoms with Gasteiger partial charge >= 0.3 is 0 Å². The largest absolute Gasteiger partial charge is 0.376 e. The van der Waals surface area contributed by atoms with Crippen LogP contribution in [0.15, 0.2) is 24.3 Å². The molecule has 0 aliphatic carbocycles. The molecular weight excluding hydrogens is 314 g/mol. The number of nitrogens with zero attached hydrogens (tertiary/aromatic N) is 2. The summed E-state index contributed by atoms with van der Waals surface area (Å²) in [6.45, 7) is 7.50. The first-order valence-electron chi connectivity index (χ1n) is 9.15. The van der Waals surface area contributed by atoms with Gasteiger partial charge in [-0.3, -0.25) is 4.79 Å². The summed E-state index contributed by atoms with van der Waals surface area (Å²) in [4.78, 5) is 12.8. The molecule has 1 fully saturated rings. The van der Waals surface area contributed by atoms with E-state index in [1.54, 1.807) is 0 Å². The van der Waals surface area contributed by atoms with Crippen LogP contribution in [-0.4, -0.2) is 34.9 Å². The van der Waals surface area contributed by atoms with Gasteiger partial charge < -0.3 is 10.1 Å². The zero-order valence-electron chi connectivity index (χ0n) is 15.3. The summed E-state index contributed by atoms with van der Waals surface area (Å²) in [6, 6.07) is 8.21. The van der Waals surface area contributed by atoms with Crippen molar-refractivity contribution in [2.24, 2.45) is 0 Å². The molecule has 1 aromatic heterocycles. The van der Waals surface area contributed by atoms with E-state index in [0.717, 1.165) is 49.4 Å². The van der Waals surface area contributed by atoms with E-state index in [-0.39, 0.29) is 12.0 Å². The number of ether oxygens (including phenoxy) is 1. The van der Waals surface area contributed by atoms with Crippen LogP contribution in [-0.2, 0) is 11.2 Å². The van der Waals surface area contributed by atoms with Crippen LogP contribution in [0.4, 0.5) is 0 Å². The third-order valence-electron chi connectivity index (χ3n) is 4.70. The molecule has 1 saturated heterocycles. The number of rotatable bonds is 6. The number of nitrogens with one attached hydrogen (secondary N) is 1. The van der Waals surface area contributed by atoms with Crippen molar-refractivity contribution in [2.75, 3.05) is 13.2 Å². The molecule has 0 saturated carbocycles. The molecule has 134 valence electrons. The van der Waals surface area contributed by atoms with Crippen LogP contribution in [0.25, 0.3) is 5.69 Å². The number of carbonyl (C=O) groups is 1. The average molecular weight is 341 g/mol. The molecule has 0 unspecified atom stereocenters. The molecule has 0 radical (unpaired) electrons. The van der Waals surface area contributed by atoms with Crippen LogP contribution in [0.2, 0.25) is 0 Å². The summed E-state index contributed by atoms with van der Waals surface area (Å²) in [7, 11) is 0. The van der Waals surface area contributed by atoms with Crippen LogP contribution < -0.4 is 5.32 Å². The molecule has 1 N–H and O–H groups in total. The first-order chi connectivity index (χ1) is 12.1. The van der Waals surface area contributed by atoms with Crippen LogP contribution in [0.3, 0.4) is 0 Å². The van der Waals surface area contributed by atoms with E-state index in [9.17, 15) is 4.79 Å². The lowest BCUT2D eigenvalue weighted by atomic mass is 10.1. The molecule has 1 aliphatic rings. The number of amides is 1. The number of hydrogen-bond acceptors (Lipinski definition) is 3. The number of aryl methyl sites for hydroxylation is 2. The van der Waals surface area contributed by atoms with Crippen molar-refractivity contribution in [2.45, 2.75) is 52.6 Å². The predicted octanol–water partition coefficient (Wildman–Crippen LogP) is 3.35. The second-order valence-corrected chi connectivity index (χ2v) is 6.75. The average Bonchev–Trinajstić information content (AvgIpc) is 3.22. The maximum Gasteiger partial charge on any atom is 0.255 e. The highest BCUT2D eigenvalue weighted by molar-refractivity contribution is 5.96. The minimum absolute atomic E-state index is 0.0465. The Balaban J connectivity index is 1.85. The van der Waals surface area contributed by atoms with Gasteiger partial charge in [-0.25, -0.2) is 4.68 Å². The number of aromatic nitrogens is 2. The third-order valence-corrected chi connectivity index (χ3v) is 4.70. The van der Waals surface area contributed by atoms with Crippen LogP contribution in [0.1, 0.15) is 53.5 Å². The molecule has 1 aliphatic heterocycles. The van der Waals surface area contributed by atoms with E-state index < -0.39 is 0 Å². The second-order valence-electron chi connectivity index (χ2n) is 6.75. The summed E-state index contributed by atoms with van der Waals surface area (Å²) >= 11 is 0. The Morgan fingerprint density at radius 1 is 1.32 bits per heavy atom. The Morgan fingerprint density at radius 3 is 2.72 bits per heavy atom. The van der Waals surface area contributed by atoms with Gasteiger partial charge in [-0.15, -0.1) is 0 Å². The van der Waals surface area contributed by atoms with E-state index in [0.29, 0.717) is 12.1 Å². The topological polar surface area (TPSA) is 56.2 Å². The Bertz CT molecular complexity index is 728. The Morgan fingerprint density at radius 2 is 2.08 bits per heavy atom. The summed E-state index contributed by atoms with van der Waals surface area (Å²) in [6.07, 6.45) is 3.99. The van der Waals surface area contributed by atoms with Crippen molar-refractivity contribution < 1.29 is 9.53 Å². The van der Waals surface area contributed by atoms with Gasteiger partial charge in [0, 0.05) is 13.2 Å². The predicted molar refractivity (Wildman–Crippen MR) is 98.3 cm³/mol. The highest BCUT2D eigenvalue weighted by Gasteiger charge is 2.23. The zero-order valence-corrected chi connectivity index (χ0v) is 15.3. The highest BCUT2D eigenvalue weighted by Crippen LogP contribution is 2.20. The number of benzene rings is 1. The van der Waals surface area contributed by atoms with E-state index in [1.807, 2.05) is 23.7 Å². The second kappa shape index (κ2) is 7.83. The lowest BCUT2D eigenvalue weighted by Gasteiger charge is -2.11. The molecule has 1 atom stereocenters. The van der Waals surface area contributed by atoms with Crippen LogP contribution >= 0.6 is 0 Å². The quantitative estimate of drug-likeness (QED) is 0.876. The molecule has 5 heteroatoms. The molecule has 2 heterocycles. The van der Waals surface area contributed by atoms with Crippen molar-refractivity contribution in [1.29, 1.82) is 0 Å². The zero-order chi connectivity index (χ0) is 17.8. The van der Waals surface area contributed by atoms with Gasteiger partial charge in [0.25, 0.3) is 5.91 Å². The fraction of sp³-hybridized carbons (Fsp3) is 0.500. The maximum atomic E-state index is 12.8. The van der Waals surface area contributed by atoms with Gasteiger partial charge in [-0.05, 0) is 45.2 Å². The minimum Gasteiger partial charge on any atom is -0.376 e. The molecule has 2 aromatic rings. The van der Waals surface area contributed by atoms with Gasteiger partial charge in [0.1, 0.15) is 0 Å². The van der Waals surface area contributed by atoms with Gasteiger partial charge in [0.2, 0.25) is 0 Å². The Kier molecular flexibility index (Phi) is 5.53. The van der Waals surface area contributed by atoms with E-state index in [2.05, 4.69) is 31.3 Å². The SMILES string of the molecule is CCCc1nn(-c2ccc(C)cc2)c(C)c1C(=O)NC[C@H]1CCCO1. The monoisotopic (exact) mass is 341 g/mol. The summed E-state index contributed by atoms with van der Waals surface area (Å²) in [5.41, 5.74) is 4.65. The van der Waals surface area contributed by atoms with Crippen molar-refractivity contribution in [1.82, 2.24) is 15.1 Å². The van der Waals surface area contributed by atoms with Crippen molar-refractivity contribution in [3.63, 3.8) is 0 Å². The fourth-order valence-electron chi connectivity index (χ4n) is 3.31. The molecule has 5 nitrogen and oxygen atoms in total. The van der Waals surface area contributed by atoms with Crippen LogP contribution in [0.5, 0.6) is 0 Å². The molecule has 1 aromatic carbocycles. The van der Waals surface area contributed by atoms with Crippen molar-refractivity contribution in [3.05, 3.63) is 46.8 Å². The first-order valence-corrected chi connectivity index (χ1v) is 9.15. The van der Waals surface area contributed by atoms with Crippen molar-refractivity contribution in [3.8, 4) is 5.69 Å². The number of carbonyl (C=O) groups excluding carboxylic acids is 1. The van der Waals surface area contributed by atoms with E-state index in [1.165, 1.54) is 5.56 Å². The molecule has 1 amide bonds. The Hall–Kier alpha value is -2.14. The van der Waals surface area contributed by atoms with E-state index in [4.69, 9.17) is 9.84 Å². The van der Waals surface area contributed by atoms with E-state index >= 15 is 0 Å². The highest BCUT2D eigenvalue weighted by atomic mass is 16.5. The van der Waals surface area contributed by atoms with Gasteiger partial charge in [0.15, 0.2) is 0 Å². The smallest absolute Gasteiger partial charge is 0.255 e. The lowest BCUT2D eigenvalue weighted by Crippen LogP contribution is -2.32. The van der Waals surface area contributed by atoms with Crippen LogP contribution in [0, 0.1) is 13.8 Å². The summed E-state index contributed by atoms with van der Waals surface area (Å²) < 4.78 is 7.48.